The third-order valence-corrected chi connectivity index (χ3v) is 3.64. The van der Waals surface area contributed by atoms with E-state index in [1.807, 2.05) is 12.1 Å². The van der Waals surface area contributed by atoms with Crippen molar-refractivity contribution < 1.29 is 14.5 Å². The fraction of sp³-hybridized carbons (Fsp3) is 0.0714. The summed E-state index contributed by atoms with van der Waals surface area (Å²) in [4.78, 5) is 22.7. The van der Waals surface area contributed by atoms with Crippen LogP contribution in [-0.2, 0) is 4.74 Å². The number of nitrogens with zero attached hydrogens (tertiary/aromatic N) is 1. The first-order valence-electron chi connectivity index (χ1n) is 5.86. The van der Waals surface area contributed by atoms with Gasteiger partial charge >= 0.3 is 5.97 Å². The molecule has 0 aromatic heterocycles. The molecule has 21 heavy (non-hydrogen) atoms. The van der Waals surface area contributed by atoms with Crippen molar-refractivity contribution in [2.24, 2.45) is 0 Å². The molecular formula is C14H10ClNO4S. The van der Waals surface area contributed by atoms with Crippen molar-refractivity contribution in [3.63, 3.8) is 0 Å². The Labute approximate surface area is 130 Å². The Balaban J connectivity index is 1.86. The highest BCUT2D eigenvalue weighted by atomic mass is 35.5. The molecular weight excluding hydrogens is 314 g/mol. The molecule has 0 radical (unpaired) electrons. The third-order valence-electron chi connectivity index (χ3n) is 2.54. The van der Waals surface area contributed by atoms with Crippen LogP contribution in [0.3, 0.4) is 0 Å². The van der Waals surface area contributed by atoms with E-state index in [1.165, 1.54) is 36.0 Å². The molecule has 2 rings (SSSR count). The topological polar surface area (TPSA) is 69.4 Å². The zero-order valence-corrected chi connectivity index (χ0v) is 12.3. The van der Waals surface area contributed by atoms with Crippen LogP contribution in [0.25, 0.3) is 0 Å². The lowest BCUT2D eigenvalue weighted by atomic mass is 10.2. The summed E-state index contributed by atoms with van der Waals surface area (Å²) in [7, 11) is 0. The number of hydrogen-bond donors (Lipinski definition) is 0. The van der Waals surface area contributed by atoms with Crippen LogP contribution in [0.15, 0.2) is 53.4 Å². The molecule has 2 aromatic carbocycles. The maximum absolute atomic E-state index is 11.7. The van der Waals surface area contributed by atoms with Crippen LogP contribution in [0.5, 0.6) is 0 Å². The van der Waals surface area contributed by atoms with Crippen LogP contribution < -0.4 is 0 Å². The van der Waals surface area contributed by atoms with Crippen molar-refractivity contribution in [2.45, 2.75) is 4.90 Å². The van der Waals surface area contributed by atoms with Gasteiger partial charge in [0.2, 0.25) is 0 Å². The van der Waals surface area contributed by atoms with Gasteiger partial charge in [-0.3, -0.25) is 10.1 Å². The molecule has 0 spiro atoms. The largest absolute Gasteiger partial charge is 0.451 e. The Hall–Kier alpha value is -2.05. The van der Waals surface area contributed by atoms with Crippen LogP contribution in [0.1, 0.15) is 10.4 Å². The Morgan fingerprint density at radius 3 is 2.33 bits per heavy atom. The monoisotopic (exact) mass is 323 g/mol. The number of thioether (sulfide) groups is 1. The summed E-state index contributed by atoms with van der Waals surface area (Å²) in [6.45, 7) is 0. The lowest BCUT2D eigenvalue weighted by molar-refractivity contribution is -0.384. The van der Waals surface area contributed by atoms with Crippen molar-refractivity contribution in [1.29, 1.82) is 0 Å². The number of non-ortho nitro benzene ring substituents is 1. The first kappa shape index (κ1) is 15.3. The molecule has 7 heteroatoms. The standard InChI is InChI=1S/C14H10ClNO4S/c15-11-3-7-13(8-4-11)21-9-20-14(17)10-1-5-12(6-2-10)16(18)19/h1-8H,9H2. The minimum absolute atomic E-state index is 0.0675. The van der Waals surface area contributed by atoms with E-state index in [4.69, 9.17) is 16.3 Å². The molecule has 0 saturated heterocycles. The molecule has 0 saturated carbocycles. The molecule has 0 aliphatic heterocycles. The van der Waals surface area contributed by atoms with Gasteiger partial charge in [0.1, 0.15) is 5.94 Å². The first-order valence-corrected chi connectivity index (χ1v) is 7.22. The van der Waals surface area contributed by atoms with Gasteiger partial charge in [-0.05, 0) is 36.4 Å². The van der Waals surface area contributed by atoms with Crippen molar-refractivity contribution in [1.82, 2.24) is 0 Å². The second kappa shape index (κ2) is 7.10. The average Bonchev–Trinajstić information content (AvgIpc) is 2.49. The van der Waals surface area contributed by atoms with E-state index in [2.05, 4.69) is 0 Å². The lowest BCUT2D eigenvalue weighted by Gasteiger charge is -2.04. The van der Waals surface area contributed by atoms with Crippen molar-refractivity contribution in [3.05, 3.63) is 69.2 Å². The van der Waals surface area contributed by atoms with E-state index in [9.17, 15) is 14.9 Å². The molecule has 0 amide bonds. The second-order valence-electron chi connectivity index (χ2n) is 3.95. The van der Waals surface area contributed by atoms with Gasteiger partial charge in [-0.1, -0.05) is 23.4 Å². The number of benzene rings is 2. The summed E-state index contributed by atoms with van der Waals surface area (Å²) in [5, 5.41) is 11.2. The highest BCUT2D eigenvalue weighted by Crippen LogP contribution is 2.21. The number of carbonyl (C=O) groups excluding carboxylic acids is 1. The fourth-order valence-corrected chi connectivity index (χ4v) is 2.24. The quantitative estimate of drug-likeness (QED) is 0.272. The van der Waals surface area contributed by atoms with Crippen LogP contribution in [-0.4, -0.2) is 16.8 Å². The zero-order chi connectivity index (χ0) is 15.2. The van der Waals surface area contributed by atoms with E-state index >= 15 is 0 Å². The maximum Gasteiger partial charge on any atom is 0.338 e. The minimum atomic E-state index is -0.522. The predicted octanol–water partition coefficient (Wildman–Crippen LogP) is 4.15. The molecule has 0 atom stereocenters. The molecule has 0 unspecified atom stereocenters. The molecule has 5 nitrogen and oxygen atoms in total. The van der Waals surface area contributed by atoms with Gasteiger partial charge in [-0.2, -0.15) is 0 Å². The normalized spacial score (nSPS) is 10.1. The number of esters is 1. The van der Waals surface area contributed by atoms with Crippen LogP contribution in [0.4, 0.5) is 5.69 Å². The van der Waals surface area contributed by atoms with E-state index < -0.39 is 10.9 Å². The Bertz CT molecular complexity index is 643. The minimum Gasteiger partial charge on any atom is -0.451 e. The molecule has 108 valence electrons. The van der Waals surface area contributed by atoms with Crippen molar-refractivity contribution in [3.8, 4) is 0 Å². The van der Waals surface area contributed by atoms with Gasteiger partial charge in [0, 0.05) is 22.1 Å². The van der Waals surface area contributed by atoms with E-state index in [-0.39, 0.29) is 17.2 Å². The van der Waals surface area contributed by atoms with Gasteiger partial charge < -0.3 is 4.74 Å². The number of nitro benzene ring substituents is 1. The highest BCUT2D eigenvalue weighted by Gasteiger charge is 2.10. The van der Waals surface area contributed by atoms with Gasteiger partial charge in [0.05, 0.1) is 10.5 Å². The Morgan fingerprint density at radius 2 is 1.76 bits per heavy atom. The number of ether oxygens (including phenoxy) is 1. The summed E-state index contributed by atoms with van der Waals surface area (Å²) in [5.41, 5.74) is 0.208. The Kier molecular flexibility index (Phi) is 5.19. The summed E-state index contributed by atoms with van der Waals surface area (Å²) >= 11 is 7.12. The number of carbonyl (C=O) groups is 1. The fourth-order valence-electron chi connectivity index (χ4n) is 1.48. The van der Waals surface area contributed by atoms with Crippen LogP contribution in [0.2, 0.25) is 5.02 Å². The number of halogens is 1. The van der Waals surface area contributed by atoms with Gasteiger partial charge in [-0.25, -0.2) is 4.79 Å². The summed E-state index contributed by atoms with van der Waals surface area (Å²) in [5.74, 6) is -0.372. The average molecular weight is 324 g/mol. The van der Waals surface area contributed by atoms with E-state index in [0.717, 1.165) is 4.90 Å². The Morgan fingerprint density at radius 1 is 1.14 bits per heavy atom. The van der Waals surface area contributed by atoms with Crippen molar-refractivity contribution >= 4 is 35.0 Å². The highest BCUT2D eigenvalue weighted by molar-refractivity contribution is 7.99. The SMILES string of the molecule is O=C(OCSc1ccc(Cl)cc1)c1ccc([N+](=O)[O-])cc1. The van der Waals surface area contributed by atoms with Crippen LogP contribution >= 0.6 is 23.4 Å². The second-order valence-corrected chi connectivity index (χ2v) is 5.38. The zero-order valence-electron chi connectivity index (χ0n) is 10.7. The molecule has 0 aliphatic rings. The maximum atomic E-state index is 11.7. The molecule has 0 bridgehead atoms. The number of rotatable bonds is 5. The lowest BCUT2D eigenvalue weighted by Crippen LogP contribution is -2.04. The summed E-state index contributed by atoms with van der Waals surface area (Å²) in [6.07, 6.45) is 0. The van der Waals surface area contributed by atoms with E-state index in [0.29, 0.717) is 5.02 Å². The molecule has 0 heterocycles. The summed E-state index contributed by atoms with van der Waals surface area (Å²) in [6, 6.07) is 12.4. The molecule has 0 N–H and O–H groups in total. The van der Waals surface area contributed by atoms with Crippen LogP contribution in [0, 0.1) is 10.1 Å². The van der Waals surface area contributed by atoms with Crippen molar-refractivity contribution in [2.75, 3.05) is 5.94 Å². The van der Waals surface area contributed by atoms with E-state index in [1.54, 1.807) is 12.1 Å². The predicted molar refractivity (Wildman–Crippen MR) is 80.7 cm³/mol. The molecule has 0 aliphatic carbocycles. The van der Waals surface area contributed by atoms with Gasteiger partial charge in [0.25, 0.3) is 5.69 Å². The number of hydrogen-bond acceptors (Lipinski definition) is 5. The summed E-state index contributed by atoms with van der Waals surface area (Å²) < 4.78 is 5.08. The first-order chi connectivity index (χ1) is 10.1. The number of nitro groups is 1. The third kappa shape index (κ3) is 4.47. The van der Waals surface area contributed by atoms with Gasteiger partial charge in [0.15, 0.2) is 0 Å². The molecule has 2 aromatic rings. The van der Waals surface area contributed by atoms with Gasteiger partial charge in [-0.15, -0.1) is 0 Å². The molecule has 0 fully saturated rings. The smallest absolute Gasteiger partial charge is 0.338 e.